The highest BCUT2D eigenvalue weighted by Gasteiger charge is 2.16. The molecule has 0 fully saturated rings. The average molecular weight is 312 g/mol. The van der Waals surface area contributed by atoms with E-state index in [-0.39, 0.29) is 27.1 Å². The Bertz CT molecular complexity index is 691. The van der Waals surface area contributed by atoms with Gasteiger partial charge in [-0.1, -0.05) is 23.2 Å². The van der Waals surface area contributed by atoms with Crippen LogP contribution in [0.5, 0.6) is 0 Å². The number of nitrogens with one attached hydrogen (secondary N) is 1. The molecular formula is C12H7Cl2N3O3. The highest BCUT2D eigenvalue weighted by atomic mass is 35.5. The number of benzene rings is 1. The van der Waals surface area contributed by atoms with Crippen molar-refractivity contribution in [1.82, 2.24) is 4.98 Å². The number of rotatable bonds is 3. The molecule has 1 aromatic heterocycles. The normalized spacial score (nSPS) is 10.1. The second kappa shape index (κ2) is 5.85. The number of nitrogens with zero attached hydrogens (tertiary/aromatic N) is 2. The highest BCUT2D eigenvalue weighted by molar-refractivity contribution is 6.35. The van der Waals surface area contributed by atoms with E-state index in [4.69, 9.17) is 23.2 Å². The maximum Gasteiger partial charge on any atom is 0.270 e. The molecule has 0 unspecified atom stereocenters. The maximum absolute atomic E-state index is 12.0. The van der Waals surface area contributed by atoms with Crippen LogP contribution in [-0.2, 0) is 0 Å². The van der Waals surface area contributed by atoms with Crippen molar-refractivity contribution in [2.24, 2.45) is 0 Å². The minimum atomic E-state index is -0.594. The molecule has 0 atom stereocenters. The molecule has 0 radical (unpaired) electrons. The summed E-state index contributed by atoms with van der Waals surface area (Å²) < 4.78 is 0. The summed E-state index contributed by atoms with van der Waals surface area (Å²) in [6.07, 6.45) is 1.47. The average Bonchev–Trinajstić information content (AvgIpc) is 2.41. The van der Waals surface area contributed by atoms with Crippen LogP contribution in [0.1, 0.15) is 10.4 Å². The van der Waals surface area contributed by atoms with Gasteiger partial charge in [0, 0.05) is 18.3 Å². The summed E-state index contributed by atoms with van der Waals surface area (Å²) in [6, 6.07) is 6.77. The van der Waals surface area contributed by atoms with E-state index < -0.39 is 10.8 Å². The van der Waals surface area contributed by atoms with Crippen molar-refractivity contribution >= 4 is 40.6 Å². The molecule has 0 aliphatic rings. The molecule has 2 rings (SSSR count). The summed E-state index contributed by atoms with van der Waals surface area (Å²) in [4.78, 5) is 25.9. The van der Waals surface area contributed by atoms with Crippen molar-refractivity contribution in [3.8, 4) is 0 Å². The molecule has 1 amide bonds. The number of carbonyl (C=O) groups is 1. The second-order valence-corrected chi connectivity index (χ2v) is 4.52. The van der Waals surface area contributed by atoms with E-state index in [0.717, 1.165) is 6.07 Å². The molecule has 1 heterocycles. The van der Waals surface area contributed by atoms with E-state index in [2.05, 4.69) is 10.3 Å². The van der Waals surface area contributed by atoms with E-state index in [0.29, 0.717) is 0 Å². The quantitative estimate of drug-likeness (QED) is 0.693. The molecule has 0 aliphatic carbocycles. The van der Waals surface area contributed by atoms with E-state index in [1.165, 1.54) is 18.3 Å². The third kappa shape index (κ3) is 3.04. The molecule has 102 valence electrons. The number of amides is 1. The number of non-ortho nitro benzene ring substituents is 1. The van der Waals surface area contributed by atoms with Gasteiger partial charge in [-0.05, 0) is 18.2 Å². The Balaban J connectivity index is 2.26. The summed E-state index contributed by atoms with van der Waals surface area (Å²) in [5, 5.41) is 13.3. The van der Waals surface area contributed by atoms with Crippen LogP contribution < -0.4 is 5.32 Å². The molecule has 0 aliphatic heterocycles. The van der Waals surface area contributed by atoms with Gasteiger partial charge in [0.15, 0.2) is 5.82 Å². The number of pyridine rings is 1. The lowest BCUT2D eigenvalue weighted by Crippen LogP contribution is -2.13. The van der Waals surface area contributed by atoms with Crippen molar-refractivity contribution in [3.63, 3.8) is 0 Å². The summed E-state index contributed by atoms with van der Waals surface area (Å²) in [5.74, 6) is -0.362. The third-order valence-electron chi connectivity index (χ3n) is 2.40. The van der Waals surface area contributed by atoms with Crippen LogP contribution in [-0.4, -0.2) is 15.8 Å². The fraction of sp³-hybridized carbons (Fsp3) is 0. The molecule has 1 N–H and O–H groups in total. The summed E-state index contributed by atoms with van der Waals surface area (Å²) in [7, 11) is 0. The largest absolute Gasteiger partial charge is 0.305 e. The van der Waals surface area contributed by atoms with Gasteiger partial charge in [0.2, 0.25) is 0 Å². The number of carbonyl (C=O) groups excluding carboxylic acids is 1. The van der Waals surface area contributed by atoms with Crippen LogP contribution >= 0.6 is 23.2 Å². The van der Waals surface area contributed by atoms with Gasteiger partial charge in [0.25, 0.3) is 11.6 Å². The van der Waals surface area contributed by atoms with E-state index in [1.54, 1.807) is 12.1 Å². The minimum absolute atomic E-state index is 0.0243. The molecule has 8 heteroatoms. The lowest BCUT2D eigenvalue weighted by atomic mass is 10.2. The Hall–Kier alpha value is -2.18. The monoisotopic (exact) mass is 311 g/mol. The van der Waals surface area contributed by atoms with Crippen molar-refractivity contribution < 1.29 is 9.72 Å². The van der Waals surface area contributed by atoms with E-state index in [9.17, 15) is 14.9 Å². The summed E-state index contributed by atoms with van der Waals surface area (Å²) in [6.45, 7) is 0. The maximum atomic E-state index is 12.0. The highest BCUT2D eigenvalue weighted by Crippen LogP contribution is 2.24. The molecule has 0 spiro atoms. The van der Waals surface area contributed by atoms with Gasteiger partial charge in [0.05, 0.1) is 20.5 Å². The number of nitro groups is 1. The number of hydrogen-bond donors (Lipinski definition) is 1. The van der Waals surface area contributed by atoms with Crippen molar-refractivity contribution in [2.45, 2.75) is 0 Å². The zero-order valence-electron chi connectivity index (χ0n) is 9.84. The topological polar surface area (TPSA) is 85.1 Å². The summed E-state index contributed by atoms with van der Waals surface area (Å²) >= 11 is 11.7. The van der Waals surface area contributed by atoms with Gasteiger partial charge >= 0.3 is 0 Å². The molecule has 0 saturated heterocycles. The van der Waals surface area contributed by atoms with Gasteiger partial charge in [-0.25, -0.2) is 4.98 Å². The predicted molar refractivity (Wildman–Crippen MR) is 75.3 cm³/mol. The van der Waals surface area contributed by atoms with Gasteiger partial charge in [-0.2, -0.15) is 0 Å². The van der Waals surface area contributed by atoms with Crippen molar-refractivity contribution in [2.75, 3.05) is 5.32 Å². The first-order valence-electron chi connectivity index (χ1n) is 5.35. The molecule has 6 nitrogen and oxygen atoms in total. The fourth-order valence-corrected chi connectivity index (χ4v) is 1.88. The standard InChI is InChI=1S/C12H7Cl2N3O3/c13-9-2-1-5-15-11(9)16-12(18)8-4-3-7(17(19)20)6-10(8)14/h1-6H,(H,15,16,18). The first kappa shape index (κ1) is 14.2. The van der Waals surface area contributed by atoms with Crippen LogP contribution in [0.4, 0.5) is 11.5 Å². The minimum Gasteiger partial charge on any atom is -0.305 e. The Labute approximate surface area is 123 Å². The lowest BCUT2D eigenvalue weighted by Gasteiger charge is -2.07. The Kier molecular flexibility index (Phi) is 4.16. The van der Waals surface area contributed by atoms with Crippen LogP contribution in [0.15, 0.2) is 36.5 Å². The van der Waals surface area contributed by atoms with Gasteiger partial charge in [-0.3, -0.25) is 14.9 Å². The predicted octanol–water partition coefficient (Wildman–Crippen LogP) is 3.55. The van der Waals surface area contributed by atoms with Gasteiger partial charge < -0.3 is 5.32 Å². The zero-order chi connectivity index (χ0) is 14.7. The number of nitro benzene ring substituents is 1. The number of anilines is 1. The van der Waals surface area contributed by atoms with Crippen LogP contribution in [0.25, 0.3) is 0 Å². The molecular weight excluding hydrogens is 305 g/mol. The zero-order valence-corrected chi connectivity index (χ0v) is 11.4. The SMILES string of the molecule is O=C(Nc1ncccc1Cl)c1ccc([N+](=O)[O-])cc1Cl. The fourth-order valence-electron chi connectivity index (χ4n) is 1.45. The summed E-state index contributed by atoms with van der Waals surface area (Å²) in [5.41, 5.74) is -0.0959. The smallest absolute Gasteiger partial charge is 0.270 e. The number of aromatic nitrogens is 1. The van der Waals surface area contributed by atoms with Gasteiger partial charge in [-0.15, -0.1) is 0 Å². The first-order valence-corrected chi connectivity index (χ1v) is 6.10. The molecule has 0 saturated carbocycles. The molecule has 20 heavy (non-hydrogen) atoms. The van der Waals surface area contributed by atoms with E-state index in [1.807, 2.05) is 0 Å². The first-order chi connectivity index (χ1) is 9.49. The van der Waals surface area contributed by atoms with Gasteiger partial charge in [0.1, 0.15) is 0 Å². The van der Waals surface area contributed by atoms with Crippen LogP contribution in [0, 0.1) is 10.1 Å². The molecule has 2 aromatic rings. The molecule has 1 aromatic carbocycles. The second-order valence-electron chi connectivity index (χ2n) is 3.71. The molecule has 0 bridgehead atoms. The number of halogens is 2. The Morgan fingerprint density at radius 1 is 1.25 bits per heavy atom. The lowest BCUT2D eigenvalue weighted by molar-refractivity contribution is -0.384. The third-order valence-corrected chi connectivity index (χ3v) is 3.02. The van der Waals surface area contributed by atoms with Crippen molar-refractivity contribution in [1.29, 1.82) is 0 Å². The Morgan fingerprint density at radius 3 is 2.60 bits per heavy atom. The van der Waals surface area contributed by atoms with Crippen molar-refractivity contribution in [3.05, 3.63) is 62.3 Å². The Morgan fingerprint density at radius 2 is 2.00 bits per heavy atom. The van der Waals surface area contributed by atoms with E-state index >= 15 is 0 Å². The van der Waals surface area contributed by atoms with Crippen LogP contribution in [0.3, 0.4) is 0 Å². The number of hydrogen-bond acceptors (Lipinski definition) is 4. The van der Waals surface area contributed by atoms with Crippen LogP contribution in [0.2, 0.25) is 10.0 Å².